The Morgan fingerprint density at radius 2 is 1.86 bits per heavy atom. The van der Waals surface area contributed by atoms with E-state index in [1.165, 1.54) is 0 Å². The molecule has 6 heteroatoms. The van der Waals surface area contributed by atoms with Gasteiger partial charge in [0, 0.05) is 0 Å². The van der Waals surface area contributed by atoms with Gasteiger partial charge in [0.05, 0.1) is 0 Å². The van der Waals surface area contributed by atoms with Gasteiger partial charge < -0.3 is 15.0 Å². The summed E-state index contributed by atoms with van der Waals surface area (Å²) in [6, 6.07) is 0. The Bertz CT molecular complexity index is 93.9. The number of hydrogen-bond donors (Lipinski definition) is 2. The minimum absolute atomic E-state index is 0.396. The largest absolute Gasteiger partial charge is 0.777 e. The van der Waals surface area contributed by atoms with Crippen molar-refractivity contribution in [2.24, 2.45) is 0 Å². The minimum Gasteiger partial charge on any atom is -0.777 e. The summed E-state index contributed by atoms with van der Waals surface area (Å²) in [6.45, 7) is 0. The van der Waals surface area contributed by atoms with E-state index < -0.39 is 12.6 Å². The normalized spacial score (nSPS) is 12.7. The monoisotopic (exact) mass is 126 g/mol. The molecule has 0 atom stereocenters. The van der Waals surface area contributed by atoms with Crippen molar-refractivity contribution in [2.45, 2.75) is 0 Å². The zero-order chi connectivity index (χ0) is 6.08. The van der Waals surface area contributed by atoms with Gasteiger partial charge in [0.25, 0.3) is 0 Å². The lowest BCUT2D eigenvalue weighted by Gasteiger charge is -2.21. The van der Waals surface area contributed by atoms with Crippen LogP contribution in [0.15, 0.2) is 0 Å². The average Bonchev–Trinajstić information content (AvgIpc) is 1.31. The van der Waals surface area contributed by atoms with E-state index in [1.807, 2.05) is 0 Å². The lowest BCUT2D eigenvalue weighted by atomic mass is 11.6. The first kappa shape index (κ1) is 7.07. The molecule has 0 saturated carbocycles. The molecule has 0 saturated heterocycles. The quantitative estimate of drug-likeness (QED) is 0.365. The van der Waals surface area contributed by atoms with E-state index in [2.05, 4.69) is 0 Å². The Hall–Kier alpha value is 0.0700. The molecule has 0 aromatic heterocycles. The van der Waals surface area contributed by atoms with Crippen LogP contribution in [0.1, 0.15) is 0 Å². The van der Waals surface area contributed by atoms with E-state index >= 15 is 0 Å². The van der Waals surface area contributed by atoms with Crippen LogP contribution in [-0.4, -0.2) is 21.7 Å². The van der Waals surface area contributed by atoms with E-state index in [0.717, 1.165) is 7.05 Å². The number of hydrogen-bond acceptors (Lipinski definition) is 2. The van der Waals surface area contributed by atoms with E-state index in [4.69, 9.17) is 9.79 Å². The van der Waals surface area contributed by atoms with Gasteiger partial charge in [-0.3, -0.25) is 4.83 Å². The van der Waals surface area contributed by atoms with Crippen molar-refractivity contribution in [3.63, 3.8) is 0 Å². The molecular formula is CH5NO4P-. The summed E-state index contributed by atoms with van der Waals surface area (Å²) in [4.78, 5) is 15.2. The maximum atomic E-state index is 9.64. The van der Waals surface area contributed by atoms with E-state index in [1.54, 1.807) is 0 Å². The Morgan fingerprint density at radius 1 is 1.71 bits per heavy atom. The molecule has 0 heterocycles. The van der Waals surface area contributed by atoms with Crippen LogP contribution in [0.4, 0.5) is 0 Å². The van der Waals surface area contributed by atoms with Gasteiger partial charge in [-0.15, -0.1) is 0 Å². The highest BCUT2D eigenvalue weighted by molar-refractivity contribution is 7.49. The maximum Gasteiger partial charge on any atom is 0.390 e. The summed E-state index contributed by atoms with van der Waals surface area (Å²) in [5.41, 5.74) is 0. The molecule has 0 aromatic rings. The van der Waals surface area contributed by atoms with Crippen molar-refractivity contribution >= 4 is 7.75 Å². The minimum atomic E-state index is -4.46. The summed E-state index contributed by atoms with van der Waals surface area (Å²) in [7, 11) is -3.70. The third-order valence-electron chi connectivity index (χ3n) is 0.367. The highest BCUT2D eigenvalue weighted by Gasteiger charge is 2.09. The average molecular weight is 126 g/mol. The van der Waals surface area contributed by atoms with Crippen LogP contribution in [0.2, 0.25) is 0 Å². The SMILES string of the molecule is CN([O-])P(=O)(O)O. The fraction of sp³-hybridized carbons (Fsp3) is 1.00. The Labute approximate surface area is 40.4 Å². The summed E-state index contributed by atoms with van der Waals surface area (Å²) in [6.07, 6.45) is 0. The lowest BCUT2D eigenvalue weighted by molar-refractivity contribution is 0.321. The van der Waals surface area contributed by atoms with Crippen LogP contribution in [0.5, 0.6) is 0 Å². The van der Waals surface area contributed by atoms with Crippen LogP contribution < -0.4 is 0 Å². The zero-order valence-corrected chi connectivity index (χ0v) is 4.50. The fourth-order valence-electron chi connectivity index (χ4n) is 0. The highest BCUT2D eigenvalue weighted by Crippen LogP contribution is 2.36. The predicted octanol–water partition coefficient (Wildman–Crippen LogP) is -0.491. The molecule has 0 fully saturated rings. The van der Waals surface area contributed by atoms with Crippen molar-refractivity contribution in [3.05, 3.63) is 5.21 Å². The predicted molar refractivity (Wildman–Crippen MR) is 23.2 cm³/mol. The Kier molecular flexibility index (Phi) is 1.92. The molecular weight excluding hydrogens is 121 g/mol. The van der Waals surface area contributed by atoms with Crippen molar-refractivity contribution in [1.82, 2.24) is 4.83 Å². The molecule has 0 aliphatic rings. The molecule has 7 heavy (non-hydrogen) atoms. The van der Waals surface area contributed by atoms with Crippen molar-refractivity contribution < 1.29 is 14.4 Å². The smallest absolute Gasteiger partial charge is 0.390 e. The maximum absolute atomic E-state index is 9.64. The van der Waals surface area contributed by atoms with E-state index in [-0.39, 0.29) is 0 Å². The van der Waals surface area contributed by atoms with Gasteiger partial charge >= 0.3 is 7.75 Å². The first-order chi connectivity index (χ1) is 2.94. The molecule has 0 unspecified atom stereocenters. The van der Waals surface area contributed by atoms with Crippen molar-refractivity contribution in [3.8, 4) is 0 Å². The van der Waals surface area contributed by atoms with Gasteiger partial charge in [-0.05, 0) is 7.05 Å². The van der Waals surface area contributed by atoms with Gasteiger partial charge in [-0.1, -0.05) is 0 Å². The van der Waals surface area contributed by atoms with Gasteiger partial charge in [0.15, 0.2) is 0 Å². The zero-order valence-electron chi connectivity index (χ0n) is 3.61. The molecule has 44 valence electrons. The topological polar surface area (TPSA) is 83.8 Å². The van der Waals surface area contributed by atoms with Gasteiger partial charge in [-0.25, -0.2) is 4.57 Å². The third kappa shape index (κ3) is 2.73. The third-order valence-corrected chi connectivity index (χ3v) is 1.10. The van der Waals surface area contributed by atoms with Crippen LogP contribution >= 0.6 is 7.75 Å². The first-order valence-electron chi connectivity index (χ1n) is 1.41. The van der Waals surface area contributed by atoms with Crippen LogP contribution in [-0.2, 0) is 4.57 Å². The van der Waals surface area contributed by atoms with E-state index in [0.29, 0.717) is 0 Å². The molecule has 0 rings (SSSR count). The highest BCUT2D eigenvalue weighted by atomic mass is 31.2. The molecule has 0 amide bonds. The number of hydroxylamine groups is 1. The second kappa shape index (κ2) is 1.90. The summed E-state index contributed by atoms with van der Waals surface area (Å²) in [5.74, 6) is 0. The Balaban J connectivity index is 3.80. The summed E-state index contributed by atoms with van der Waals surface area (Å²) < 4.78 is 9.64. The van der Waals surface area contributed by atoms with Gasteiger partial charge in [0.1, 0.15) is 0 Å². The van der Waals surface area contributed by atoms with Crippen molar-refractivity contribution in [2.75, 3.05) is 7.05 Å². The van der Waals surface area contributed by atoms with Crippen LogP contribution in [0.3, 0.4) is 0 Å². The molecule has 0 bridgehead atoms. The molecule has 0 spiro atoms. The van der Waals surface area contributed by atoms with Gasteiger partial charge in [0.2, 0.25) is 0 Å². The number of rotatable bonds is 1. The van der Waals surface area contributed by atoms with Gasteiger partial charge in [-0.2, -0.15) is 0 Å². The lowest BCUT2D eigenvalue weighted by Crippen LogP contribution is -2.03. The molecule has 0 aromatic carbocycles. The summed E-state index contributed by atoms with van der Waals surface area (Å²) >= 11 is 0. The second-order valence-electron chi connectivity index (χ2n) is 0.978. The fourth-order valence-corrected chi connectivity index (χ4v) is 0. The van der Waals surface area contributed by atoms with Crippen molar-refractivity contribution in [1.29, 1.82) is 0 Å². The Morgan fingerprint density at radius 3 is 1.86 bits per heavy atom. The summed E-state index contributed by atoms with van der Waals surface area (Å²) in [5, 5.41) is 9.62. The molecule has 0 aliphatic carbocycles. The van der Waals surface area contributed by atoms with Crippen LogP contribution in [0.25, 0.3) is 0 Å². The van der Waals surface area contributed by atoms with E-state index in [9.17, 15) is 9.77 Å². The molecule has 5 nitrogen and oxygen atoms in total. The first-order valence-corrected chi connectivity index (χ1v) is 2.98. The second-order valence-corrected chi connectivity index (χ2v) is 2.57. The standard InChI is InChI=1S/CH5NO4P/c1-2(3)7(4,5)6/h1H3,(H2,4,5,6)/q-1. The number of nitrogens with zero attached hydrogens (tertiary/aromatic N) is 1. The van der Waals surface area contributed by atoms with Crippen LogP contribution in [0, 0.1) is 5.21 Å². The molecule has 0 aliphatic heterocycles. The molecule has 2 N–H and O–H groups in total. The molecule has 0 radical (unpaired) electrons.